The number of allylic oxidation sites excluding steroid dienone is 2. The SMILES string of the molecule is CCCC(=CC(C)CCOC(=O)C(=O)OCC)CCC. The molecule has 0 fully saturated rings. The molecular weight excluding hydrogens is 256 g/mol. The number of esters is 2. The van der Waals surface area contributed by atoms with Crippen LogP contribution >= 0.6 is 0 Å². The average Bonchev–Trinajstić information content (AvgIpc) is 2.39. The molecule has 0 aliphatic rings. The van der Waals surface area contributed by atoms with Crippen molar-refractivity contribution in [1.29, 1.82) is 0 Å². The maximum atomic E-state index is 11.2. The van der Waals surface area contributed by atoms with Gasteiger partial charge in [-0.15, -0.1) is 0 Å². The summed E-state index contributed by atoms with van der Waals surface area (Å²) < 4.78 is 9.45. The molecule has 0 aliphatic heterocycles. The highest BCUT2D eigenvalue weighted by atomic mass is 16.6. The summed E-state index contributed by atoms with van der Waals surface area (Å²) in [5.74, 6) is -1.46. The molecule has 0 spiro atoms. The zero-order valence-electron chi connectivity index (χ0n) is 13.2. The van der Waals surface area contributed by atoms with Crippen molar-refractivity contribution < 1.29 is 19.1 Å². The lowest BCUT2D eigenvalue weighted by Crippen LogP contribution is -2.21. The fraction of sp³-hybridized carbons (Fsp3) is 0.750. The van der Waals surface area contributed by atoms with Crippen molar-refractivity contribution in [2.24, 2.45) is 5.92 Å². The Hall–Kier alpha value is -1.32. The monoisotopic (exact) mass is 284 g/mol. The molecule has 0 aliphatic carbocycles. The molecule has 0 rings (SSSR count). The summed E-state index contributed by atoms with van der Waals surface area (Å²) in [6.07, 6.45) is 7.54. The van der Waals surface area contributed by atoms with Gasteiger partial charge in [-0.1, -0.05) is 45.3 Å². The van der Waals surface area contributed by atoms with Crippen LogP contribution in [0, 0.1) is 5.92 Å². The molecule has 0 radical (unpaired) electrons. The number of ether oxygens (including phenoxy) is 2. The summed E-state index contributed by atoms with van der Waals surface area (Å²) in [6.45, 7) is 8.54. The average molecular weight is 284 g/mol. The van der Waals surface area contributed by atoms with Crippen LogP contribution in [0.5, 0.6) is 0 Å². The van der Waals surface area contributed by atoms with Gasteiger partial charge < -0.3 is 9.47 Å². The minimum absolute atomic E-state index is 0.185. The molecule has 0 aromatic rings. The second-order valence-corrected chi connectivity index (χ2v) is 4.95. The Bertz CT molecular complexity index is 312. The molecule has 0 bridgehead atoms. The predicted octanol–water partition coefficient (Wildman–Crippen LogP) is 3.65. The Balaban J connectivity index is 4.08. The fourth-order valence-corrected chi connectivity index (χ4v) is 2.01. The van der Waals surface area contributed by atoms with Gasteiger partial charge in [-0.3, -0.25) is 0 Å². The van der Waals surface area contributed by atoms with Crippen LogP contribution in [0.2, 0.25) is 0 Å². The van der Waals surface area contributed by atoms with Gasteiger partial charge in [-0.2, -0.15) is 0 Å². The summed E-state index contributed by atoms with van der Waals surface area (Å²) in [7, 11) is 0. The summed E-state index contributed by atoms with van der Waals surface area (Å²) in [4.78, 5) is 22.3. The zero-order valence-corrected chi connectivity index (χ0v) is 13.2. The normalized spacial score (nSPS) is 11.6. The minimum atomic E-state index is -0.909. The minimum Gasteiger partial charge on any atom is -0.458 e. The first-order chi connectivity index (χ1) is 9.54. The van der Waals surface area contributed by atoms with E-state index in [-0.39, 0.29) is 13.2 Å². The largest absolute Gasteiger partial charge is 0.458 e. The number of carbonyl (C=O) groups excluding carboxylic acids is 2. The number of hydrogen-bond acceptors (Lipinski definition) is 4. The summed E-state index contributed by atoms with van der Waals surface area (Å²) in [6, 6.07) is 0. The van der Waals surface area contributed by atoms with Gasteiger partial charge in [0.15, 0.2) is 0 Å². The fourth-order valence-electron chi connectivity index (χ4n) is 2.01. The van der Waals surface area contributed by atoms with Gasteiger partial charge >= 0.3 is 11.9 Å². The highest BCUT2D eigenvalue weighted by Gasteiger charge is 2.16. The van der Waals surface area contributed by atoms with Crippen molar-refractivity contribution in [2.75, 3.05) is 13.2 Å². The lowest BCUT2D eigenvalue weighted by molar-refractivity contribution is -0.167. The highest BCUT2D eigenvalue weighted by molar-refractivity contribution is 6.29. The maximum Gasteiger partial charge on any atom is 0.417 e. The molecule has 0 saturated carbocycles. The molecule has 4 heteroatoms. The van der Waals surface area contributed by atoms with Gasteiger partial charge in [-0.05, 0) is 32.1 Å². The first-order valence-electron chi connectivity index (χ1n) is 7.58. The molecule has 116 valence electrons. The Kier molecular flexibility index (Phi) is 10.7. The van der Waals surface area contributed by atoms with Gasteiger partial charge in [0.05, 0.1) is 13.2 Å². The smallest absolute Gasteiger partial charge is 0.417 e. The lowest BCUT2D eigenvalue weighted by Gasteiger charge is -2.11. The van der Waals surface area contributed by atoms with Gasteiger partial charge in [-0.25, -0.2) is 9.59 Å². The molecule has 0 aromatic carbocycles. The van der Waals surface area contributed by atoms with Crippen molar-refractivity contribution >= 4 is 11.9 Å². The first kappa shape index (κ1) is 18.7. The van der Waals surface area contributed by atoms with Crippen LogP contribution in [0.3, 0.4) is 0 Å². The van der Waals surface area contributed by atoms with Crippen molar-refractivity contribution in [3.63, 3.8) is 0 Å². The first-order valence-corrected chi connectivity index (χ1v) is 7.58. The zero-order chi connectivity index (χ0) is 15.4. The third-order valence-electron chi connectivity index (χ3n) is 2.91. The van der Waals surface area contributed by atoms with Crippen LogP contribution < -0.4 is 0 Å². The van der Waals surface area contributed by atoms with Crippen LogP contribution in [-0.2, 0) is 19.1 Å². The van der Waals surface area contributed by atoms with Gasteiger partial charge in [0.25, 0.3) is 0 Å². The van der Waals surface area contributed by atoms with Crippen molar-refractivity contribution in [3.8, 4) is 0 Å². The highest BCUT2D eigenvalue weighted by Crippen LogP contribution is 2.16. The van der Waals surface area contributed by atoms with Crippen LogP contribution in [0.15, 0.2) is 11.6 Å². The van der Waals surface area contributed by atoms with E-state index in [1.54, 1.807) is 6.92 Å². The molecule has 4 nitrogen and oxygen atoms in total. The molecule has 0 N–H and O–H groups in total. The second kappa shape index (κ2) is 11.5. The van der Waals surface area contributed by atoms with E-state index in [0.29, 0.717) is 5.92 Å². The van der Waals surface area contributed by atoms with E-state index in [0.717, 1.165) is 32.1 Å². The van der Waals surface area contributed by atoms with Crippen LogP contribution in [0.4, 0.5) is 0 Å². The molecule has 0 aromatic heterocycles. The van der Waals surface area contributed by atoms with E-state index in [9.17, 15) is 9.59 Å². The van der Waals surface area contributed by atoms with Gasteiger partial charge in [0.1, 0.15) is 0 Å². The Labute approximate surface area is 122 Å². The topological polar surface area (TPSA) is 52.6 Å². The summed E-state index contributed by atoms with van der Waals surface area (Å²) in [5.41, 5.74) is 1.47. The maximum absolute atomic E-state index is 11.2. The van der Waals surface area contributed by atoms with Crippen LogP contribution in [0.1, 0.15) is 59.8 Å². The van der Waals surface area contributed by atoms with E-state index in [1.165, 1.54) is 5.57 Å². The van der Waals surface area contributed by atoms with E-state index in [4.69, 9.17) is 4.74 Å². The quantitative estimate of drug-likeness (QED) is 0.368. The third kappa shape index (κ3) is 8.73. The van der Waals surface area contributed by atoms with Gasteiger partial charge in [0, 0.05) is 0 Å². The molecule has 1 unspecified atom stereocenters. The van der Waals surface area contributed by atoms with Gasteiger partial charge in [0.2, 0.25) is 0 Å². The molecular formula is C16H28O4. The van der Waals surface area contributed by atoms with Crippen LogP contribution in [0.25, 0.3) is 0 Å². The van der Waals surface area contributed by atoms with Crippen molar-refractivity contribution in [3.05, 3.63) is 11.6 Å². The number of rotatable bonds is 9. The predicted molar refractivity (Wildman–Crippen MR) is 79.3 cm³/mol. The van der Waals surface area contributed by atoms with E-state index in [1.807, 2.05) is 0 Å². The molecule has 1 atom stereocenters. The van der Waals surface area contributed by atoms with E-state index < -0.39 is 11.9 Å². The Morgan fingerprint density at radius 1 is 1.00 bits per heavy atom. The van der Waals surface area contributed by atoms with E-state index in [2.05, 4.69) is 31.6 Å². The standard InChI is InChI=1S/C16H28O4/c1-5-8-14(9-6-2)12-13(4)10-11-20-16(18)15(17)19-7-3/h12-13H,5-11H2,1-4H3. The molecule has 0 saturated heterocycles. The van der Waals surface area contributed by atoms with Crippen molar-refractivity contribution in [1.82, 2.24) is 0 Å². The summed E-state index contributed by atoms with van der Waals surface area (Å²) in [5, 5.41) is 0. The van der Waals surface area contributed by atoms with E-state index >= 15 is 0 Å². The molecule has 20 heavy (non-hydrogen) atoms. The Morgan fingerprint density at radius 2 is 1.55 bits per heavy atom. The molecule has 0 amide bonds. The number of hydrogen-bond donors (Lipinski definition) is 0. The third-order valence-corrected chi connectivity index (χ3v) is 2.91. The lowest BCUT2D eigenvalue weighted by atomic mass is 9.98. The molecule has 0 heterocycles. The van der Waals surface area contributed by atoms with Crippen molar-refractivity contribution in [2.45, 2.75) is 59.8 Å². The Morgan fingerprint density at radius 3 is 2.05 bits per heavy atom. The second-order valence-electron chi connectivity index (χ2n) is 4.95. The number of carbonyl (C=O) groups is 2. The summed E-state index contributed by atoms with van der Waals surface area (Å²) >= 11 is 0. The van der Waals surface area contributed by atoms with Crippen LogP contribution in [-0.4, -0.2) is 25.2 Å².